The van der Waals surface area contributed by atoms with Crippen molar-refractivity contribution in [2.24, 2.45) is 5.73 Å². The summed E-state index contributed by atoms with van der Waals surface area (Å²) in [5.41, 5.74) is 6.40. The highest BCUT2D eigenvalue weighted by molar-refractivity contribution is 8.00. The van der Waals surface area contributed by atoms with Crippen LogP contribution in [0.1, 0.15) is 5.37 Å². The van der Waals surface area contributed by atoms with Gasteiger partial charge in [-0.15, -0.1) is 11.8 Å². The first kappa shape index (κ1) is 20.9. The first-order valence-corrected chi connectivity index (χ1v) is 11.2. The Hall–Kier alpha value is -1.34. The van der Waals surface area contributed by atoms with Crippen molar-refractivity contribution in [3.8, 4) is 5.75 Å². The van der Waals surface area contributed by atoms with Crippen LogP contribution in [0.2, 0.25) is 0 Å². The second-order valence-corrected chi connectivity index (χ2v) is 9.39. The number of para-hydroxylation sites is 1. The third kappa shape index (κ3) is 3.88. The first-order valence-electron chi connectivity index (χ1n) is 9.08. The van der Waals surface area contributed by atoms with Crippen molar-refractivity contribution in [3.63, 3.8) is 0 Å². The van der Waals surface area contributed by atoms with Gasteiger partial charge in [0.2, 0.25) is 4.77 Å². The SMILES string of the molecule is COC1C(O)[C@@H](CO)S[C@H]1n1cc2c(nc1=S)Nc1c(OCCN)cccc1S2. The zero-order chi connectivity index (χ0) is 20.5. The lowest BCUT2D eigenvalue weighted by molar-refractivity contribution is -0.0187. The van der Waals surface area contributed by atoms with Crippen molar-refractivity contribution >= 4 is 47.2 Å². The van der Waals surface area contributed by atoms with E-state index in [1.807, 2.05) is 29.0 Å². The summed E-state index contributed by atoms with van der Waals surface area (Å²) in [6.45, 7) is 0.724. The average Bonchev–Trinajstić information content (AvgIpc) is 3.05. The van der Waals surface area contributed by atoms with Gasteiger partial charge in [0.15, 0.2) is 0 Å². The molecule has 0 spiro atoms. The van der Waals surface area contributed by atoms with E-state index < -0.39 is 12.2 Å². The number of methoxy groups -OCH3 is 1. The highest BCUT2D eigenvalue weighted by Gasteiger charge is 2.44. The van der Waals surface area contributed by atoms with Crippen LogP contribution in [0, 0.1) is 4.77 Å². The molecule has 2 aromatic rings. The lowest BCUT2D eigenvalue weighted by atomic mass is 10.1. The highest BCUT2D eigenvalue weighted by atomic mass is 32.2. The van der Waals surface area contributed by atoms with E-state index in [9.17, 15) is 10.2 Å². The molecule has 4 rings (SSSR count). The molecule has 1 aromatic heterocycles. The molecule has 2 unspecified atom stereocenters. The number of nitrogens with two attached hydrogens (primary N) is 1. The molecule has 0 amide bonds. The molecule has 5 N–H and O–H groups in total. The minimum atomic E-state index is -0.785. The lowest BCUT2D eigenvalue weighted by Gasteiger charge is -2.26. The van der Waals surface area contributed by atoms with Crippen molar-refractivity contribution in [2.45, 2.75) is 32.6 Å². The molecule has 0 saturated carbocycles. The number of aromatic nitrogens is 2. The molecule has 1 saturated heterocycles. The number of benzene rings is 1. The maximum absolute atomic E-state index is 10.4. The van der Waals surface area contributed by atoms with Crippen molar-refractivity contribution in [3.05, 3.63) is 29.2 Å². The number of hydrogen-bond acceptors (Lipinski definition) is 10. The number of aliphatic hydroxyl groups excluding tert-OH is 2. The number of nitrogens with zero attached hydrogens (tertiary/aromatic N) is 2. The van der Waals surface area contributed by atoms with Crippen molar-refractivity contribution in [2.75, 3.05) is 32.2 Å². The van der Waals surface area contributed by atoms with E-state index in [1.165, 1.54) is 11.8 Å². The van der Waals surface area contributed by atoms with E-state index in [1.54, 1.807) is 18.9 Å². The Morgan fingerprint density at radius 1 is 1.38 bits per heavy atom. The number of anilines is 2. The van der Waals surface area contributed by atoms with Gasteiger partial charge in [-0.3, -0.25) is 0 Å². The van der Waals surface area contributed by atoms with Gasteiger partial charge >= 0.3 is 0 Å². The number of thioether (sulfide) groups is 1. The Kier molecular flexibility index (Phi) is 6.35. The maximum atomic E-state index is 10.4. The average molecular weight is 455 g/mol. The van der Waals surface area contributed by atoms with Gasteiger partial charge in [0.1, 0.15) is 29.7 Å². The van der Waals surface area contributed by atoms with Crippen LogP contribution in [0.4, 0.5) is 11.5 Å². The highest BCUT2D eigenvalue weighted by Crippen LogP contribution is 2.49. The van der Waals surface area contributed by atoms with Crippen molar-refractivity contribution in [1.29, 1.82) is 0 Å². The van der Waals surface area contributed by atoms with E-state index in [4.69, 9.17) is 27.4 Å². The fourth-order valence-corrected chi connectivity index (χ4v) is 6.19. The second kappa shape index (κ2) is 8.80. The van der Waals surface area contributed by atoms with Crippen LogP contribution in [-0.2, 0) is 4.74 Å². The summed E-state index contributed by atoms with van der Waals surface area (Å²) in [6, 6.07) is 5.83. The summed E-state index contributed by atoms with van der Waals surface area (Å²) in [7, 11) is 1.55. The van der Waals surface area contributed by atoms with Gasteiger partial charge in [0, 0.05) is 24.7 Å². The molecule has 29 heavy (non-hydrogen) atoms. The van der Waals surface area contributed by atoms with Gasteiger partial charge in [-0.1, -0.05) is 17.8 Å². The molecule has 1 fully saturated rings. The molecule has 11 heteroatoms. The van der Waals surface area contributed by atoms with Crippen LogP contribution in [-0.4, -0.2) is 64.1 Å². The number of ether oxygens (including phenoxy) is 2. The zero-order valence-electron chi connectivity index (χ0n) is 15.6. The molecule has 4 atom stereocenters. The summed E-state index contributed by atoms with van der Waals surface area (Å²) in [4.78, 5) is 6.49. The Morgan fingerprint density at radius 3 is 2.93 bits per heavy atom. The van der Waals surface area contributed by atoms with Crippen molar-refractivity contribution in [1.82, 2.24) is 9.55 Å². The molecule has 0 bridgehead atoms. The summed E-state index contributed by atoms with van der Waals surface area (Å²) >= 11 is 8.53. The minimum absolute atomic E-state index is 0.136. The number of rotatable bonds is 6. The predicted molar refractivity (Wildman–Crippen MR) is 116 cm³/mol. The largest absolute Gasteiger partial charge is 0.490 e. The molecular formula is C18H22N4O4S3. The maximum Gasteiger partial charge on any atom is 0.202 e. The van der Waals surface area contributed by atoms with Crippen LogP contribution in [0.15, 0.2) is 34.2 Å². The Morgan fingerprint density at radius 2 is 2.21 bits per heavy atom. The molecule has 2 aliphatic rings. The molecule has 0 aliphatic carbocycles. The second-order valence-electron chi connectivity index (χ2n) is 6.58. The predicted octanol–water partition coefficient (Wildman–Crippen LogP) is 2.14. The number of hydrogen-bond donors (Lipinski definition) is 4. The molecule has 3 heterocycles. The van der Waals surface area contributed by atoms with Crippen molar-refractivity contribution < 1.29 is 19.7 Å². The van der Waals surface area contributed by atoms with Crippen LogP contribution >= 0.6 is 35.7 Å². The number of fused-ring (bicyclic) bond motifs is 2. The van der Waals surface area contributed by atoms with Crippen LogP contribution in [0.25, 0.3) is 0 Å². The quantitative estimate of drug-likeness (QED) is 0.413. The Labute approximate surface area is 181 Å². The summed E-state index contributed by atoms with van der Waals surface area (Å²) in [5.74, 6) is 1.37. The fraction of sp³-hybridized carbons (Fsp3) is 0.444. The molecule has 156 valence electrons. The third-order valence-electron chi connectivity index (χ3n) is 4.78. The monoisotopic (exact) mass is 454 g/mol. The van der Waals surface area contributed by atoms with Gasteiger partial charge in [-0.2, -0.15) is 0 Å². The molecule has 0 radical (unpaired) electrons. The number of nitrogens with one attached hydrogen (secondary N) is 1. The first-order chi connectivity index (χ1) is 14.1. The van der Waals surface area contributed by atoms with Gasteiger partial charge < -0.3 is 35.3 Å². The molecule has 2 aliphatic heterocycles. The summed E-state index contributed by atoms with van der Waals surface area (Å²) < 4.78 is 13.4. The fourth-order valence-electron chi connectivity index (χ4n) is 3.39. The van der Waals surface area contributed by atoms with Crippen LogP contribution in [0.3, 0.4) is 0 Å². The van der Waals surface area contributed by atoms with Gasteiger partial charge in [0.05, 0.1) is 28.5 Å². The molecule has 1 aromatic carbocycles. The summed E-state index contributed by atoms with van der Waals surface area (Å²) in [5, 5.41) is 22.7. The Balaban J connectivity index is 1.67. The van der Waals surface area contributed by atoms with Gasteiger partial charge in [-0.05, 0) is 24.4 Å². The number of aliphatic hydroxyl groups is 2. The molecular weight excluding hydrogens is 432 g/mol. The minimum Gasteiger partial charge on any atom is -0.490 e. The van der Waals surface area contributed by atoms with Gasteiger partial charge in [0.25, 0.3) is 0 Å². The van der Waals surface area contributed by atoms with Crippen LogP contribution < -0.4 is 15.8 Å². The van der Waals surface area contributed by atoms with E-state index in [0.717, 1.165) is 21.2 Å². The third-order valence-corrected chi connectivity index (χ3v) is 7.72. The van der Waals surface area contributed by atoms with E-state index in [2.05, 4.69) is 10.3 Å². The summed E-state index contributed by atoms with van der Waals surface area (Å²) in [6.07, 6.45) is 0.648. The van der Waals surface area contributed by atoms with Gasteiger partial charge in [-0.25, -0.2) is 4.98 Å². The zero-order valence-corrected chi connectivity index (χ0v) is 18.1. The van der Waals surface area contributed by atoms with E-state index in [0.29, 0.717) is 23.7 Å². The van der Waals surface area contributed by atoms with Crippen LogP contribution in [0.5, 0.6) is 5.75 Å². The normalized spacial score (nSPS) is 25.2. The Bertz CT molecular complexity index is 957. The van der Waals surface area contributed by atoms with E-state index in [-0.39, 0.29) is 17.2 Å². The standard InChI is InChI=1S/C18H22N4O4S3/c1-25-15-14(24)12(8-23)29-17(15)22-7-11-16(21-18(22)27)20-13-9(26-6-5-19)3-2-4-10(13)28-11/h2-4,7,12,14-15,17,23-24H,5-6,8,19H2,1H3,(H,20,21,27)/t12-,14?,15?,17-/m1/s1. The smallest absolute Gasteiger partial charge is 0.202 e. The van der Waals surface area contributed by atoms with E-state index >= 15 is 0 Å². The lowest BCUT2D eigenvalue weighted by Crippen LogP contribution is -2.34. The topological polar surface area (TPSA) is 115 Å². The molecule has 8 nitrogen and oxygen atoms in total.